The molecule has 134 valence electrons. The Morgan fingerprint density at radius 2 is 1.44 bits per heavy atom. The van der Waals surface area contributed by atoms with Gasteiger partial charge in [0.05, 0.1) is 18.8 Å². The molecule has 2 atom stereocenters. The van der Waals surface area contributed by atoms with E-state index in [1.54, 1.807) is 0 Å². The Kier molecular flexibility index (Phi) is 7.46. The van der Waals surface area contributed by atoms with Crippen LogP contribution in [-0.4, -0.2) is 19.4 Å². The second kappa shape index (κ2) is 9.58. The minimum Gasteiger partial charge on any atom is -0.493 e. The van der Waals surface area contributed by atoms with E-state index in [-0.39, 0.29) is 5.66 Å². The van der Waals surface area contributed by atoms with Gasteiger partial charge in [-0.3, -0.25) is 0 Å². The van der Waals surface area contributed by atoms with Crippen LogP contribution in [0.25, 0.3) is 0 Å². The van der Waals surface area contributed by atoms with Crippen molar-refractivity contribution < 1.29 is 14.0 Å². The van der Waals surface area contributed by atoms with Crippen molar-refractivity contribution in [1.29, 1.82) is 0 Å². The fourth-order valence-corrected chi connectivity index (χ4v) is 4.91. The zero-order chi connectivity index (χ0) is 18.2. The van der Waals surface area contributed by atoms with Crippen LogP contribution < -0.4 is 9.47 Å². The molecule has 25 heavy (non-hydrogen) atoms. The third-order valence-electron chi connectivity index (χ3n) is 3.85. The zero-order valence-corrected chi connectivity index (χ0v) is 16.5. The Balaban J connectivity index is 2.62. The van der Waals surface area contributed by atoms with Gasteiger partial charge in [-0.1, -0.05) is 54.8 Å². The van der Waals surface area contributed by atoms with Gasteiger partial charge in [0.15, 0.2) is 0 Å². The second-order valence-electron chi connectivity index (χ2n) is 6.34. The van der Waals surface area contributed by atoms with Gasteiger partial charge in [0.2, 0.25) is 5.66 Å². The number of hydrogen-bond donors (Lipinski definition) is 0. The van der Waals surface area contributed by atoms with Crippen LogP contribution in [0.3, 0.4) is 0 Å². The maximum absolute atomic E-state index is 13.3. The van der Waals surface area contributed by atoms with Crippen LogP contribution in [0.4, 0.5) is 0 Å². The summed E-state index contributed by atoms with van der Waals surface area (Å²) < 4.78 is 25.1. The van der Waals surface area contributed by atoms with Crippen molar-refractivity contribution in [3.05, 3.63) is 59.7 Å². The lowest BCUT2D eigenvalue weighted by molar-refractivity contribution is 0.316. The molecule has 0 N–H and O–H groups in total. The van der Waals surface area contributed by atoms with Crippen LogP contribution in [0.2, 0.25) is 0 Å². The molecular formula is C21H28O3P+. The van der Waals surface area contributed by atoms with E-state index in [1.807, 2.05) is 62.4 Å². The fraction of sp³-hybridized carbons (Fsp3) is 0.429. The van der Waals surface area contributed by atoms with E-state index in [0.717, 1.165) is 22.6 Å². The van der Waals surface area contributed by atoms with Crippen molar-refractivity contribution in [3.8, 4) is 11.5 Å². The smallest absolute Gasteiger partial charge is 0.351 e. The minimum absolute atomic E-state index is 0.233. The number of benzene rings is 2. The van der Waals surface area contributed by atoms with Crippen molar-refractivity contribution in [1.82, 2.24) is 0 Å². The normalized spacial score (nSPS) is 12.8. The van der Waals surface area contributed by atoms with Crippen molar-refractivity contribution in [2.45, 2.75) is 33.4 Å². The minimum atomic E-state index is -1.50. The molecule has 0 saturated heterocycles. The maximum atomic E-state index is 13.3. The van der Waals surface area contributed by atoms with E-state index in [2.05, 4.69) is 13.8 Å². The highest BCUT2D eigenvalue weighted by molar-refractivity contribution is 7.45. The van der Waals surface area contributed by atoms with E-state index in [1.165, 1.54) is 0 Å². The number of ether oxygens (including phenoxy) is 2. The lowest BCUT2D eigenvalue weighted by Crippen LogP contribution is -2.08. The van der Waals surface area contributed by atoms with E-state index in [4.69, 9.17) is 9.47 Å². The van der Waals surface area contributed by atoms with E-state index >= 15 is 0 Å². The number of rotatable bonds is 9. The van der Waals surface area contributed by atoms with Gasteiger partial charge in [-0.2, -0.15) is 0 Å². The second-order valence-corrected chi connectivity index (χ2v) is 8.06. The van der Waals surface area contributed by atoms with Crippen LogP contribution >= 0.6 is 7.80 Å². The van der Waals surface area contributed by atoms with Gasteiger partial charge in [0.25, 0.3) is 0 Å². The average Bonchev–Trinajstić information content (AvgIpc) is 2.58. The first-order chi connectivity index (χ1) is 12.1. The molecular weight excluding hydrogens is 331 g/mol. The zero-order valence-electron chi connectivity index (χ0n) is 15.6. The van der Waals surface area contributed by atoms with Crippen LogP contribution in [0, 0.1) is 5.92 Å². The van der Waals surface area contributed by atoms with Gasteiger partial charge in [-0.25, -0.2) is 0 Å². The molecule has 0 heterocycles. The van der Waals surface area contributed by atoms with Crippen LogP contribution in [0.1, 0.15) is 44.5 Å². The van der Waals surface area contributed by atoms with Crippen molar-refractivity contribution >= 4 is 7.80 Å². The Morgan fingerprint density at radius 1 is 0.880 bits per heavy atom. The van der Waals surface area contributed by atoms with Crippen LogP contribution in [0.15, 0.2) is 48.5 Å². The molecule has 2 unspecified atom stereocenters. The highest BCUT2D eigenvalue weighted by Crippen LogP contribution is 2.52. The monoisotopic (exact) mass is 359 g/mol. The summed E-state index contributed by atoms with van der Waals surface area (Å²) in [6.07, 6.45) is 0.668. The van der Waals surface area contributed by atoms with Crippen molar-refractivity contribution in [3.63, 3.8) is 0 Å². The Morgan fingerprint density at radius 3 is 1.92 bits per heavy atom. The highest BCUT2D eigenvalue weighted by atomic mass is 31.1. The van der Waals surface area contributed by atoms with E-state index in [0.29, 0.717) is 25.3 Å². The summed E-state index contributed by atoms with van der Waals surface area (Å²) in [5.74, 6) is 1.88. The van der Waals surface area contributed by atoms with E-state index in [9.17, 15) is 4.57 Å². The van der Waals surface area contributed by atoms with Gasteiger partial charge in [0, 0.05) is 5.56 Å². The first-order valence-electron chi connectivity index (χ1n) is 8.95. The summed E-state index contributed by atoms with van der Waals surface area (Å²) in [5.41, 5.74) is 1.71. The first-order valence-corrected chi connectivity index (χ1v) is 10.5. The molecule has 0 aliphatic heterocycles. The quantitative estimate of drug-likeness (QED) is 0.511. The fourth-order valence-electron chi connectivity index (χ4n) is 2.93. The Bertz CT molecular complexity index is 659. The number of hydrogen-bond acceptors (Lipinski definition) is 3. The lowest BCUT2D eigenvalue weighted by Gasteiger charge is -2.18. The third-order valence-corrected chi connectivity index (χ3v) is 6.07. The topological polar surface area (TPSA) is 35.5 Å². The molecule has 2 aromatic carbocycles. The molecule has 0 spiro atoms. The van der Waals surface area contributed by atoms with Gasteiger partial charge >= 0.3 is 7.80 Å². The first kappa shape index (κ1) is 19.5. The molecule has 4 heteroatoms. The molecule has 0 aromatic heterocycles. The standard InChI is InChI=1S/C21H28O3P/c1-5-23-18-13-10-14-19(24-6-2)20(18)21(25(22)15-16(3)4)17-11-8-7-9-12-17/h7-14,16,21H,5-6,15H2,1-4H3/q+1. The molecule has 0 aliphatic carbocycles. The summed E-state index contributed by atoms with van der Waals surface area (Å²) in [4.78, 5) is 0. The average molecular weight is 359 g/mol. The molecule has 0 aliphatic rings. The molecule has 2 rings (SSSR count). The molecule has 0 bridgehead atoms. The molecule has 3 nitrogen and oxygen atoms in total. The highest BCUT2D eigenvalue weighted by Gasteiger charge is 2.38. The summed E-state index contributed by atoms with van der Waals surface area (Å²) >= 11 is 0. The molecule has 0 radical (unpaired) electrons. The Hall–Kier alpha value is -1.86. The van der Waals surface area contributed by atoms with Gasteiger partial charge in [-0.15, -0.1) is 0 Å². The lowest BCUT2D eigenvalue weighted by atomic mass is 10.0. The summed E-state index contributed by atoms with van der Waals surface area (Å²) in [7, 11) is -1.50. The summed E-state index contributed by atoms with van der Waals surface area (Å²) in [5, 5.41) is 0. The van der Waals surface area contributed by atoms with Crippen molar-refractivity contribution in [2.24, 2.45) is 5.92 Å². The largest absolute Gasteiger partial charge is 0.493 e. The van der Waals surface area contributed by atoms with Gasteiger partial charge < -0.3 is 9.47 Å². The SMILES string of the molecule is CCOc1cccc(OCC)c1C(c1ccccc1)[P+](=O)CC(C)C. The molecule has 2 aromatic rings. The predicted octanol–water partition coefficient (Wildman–Crippen LogP) is 6.06. The van der Waals surface area contributed by atoms with Crippen LogP contribution in [-0.2, 0) is 4.57 Å². The molecule has 0 saturated carbocycles. The molecule has 0 fully saturated rings. The van der Waals surface area contributed by atoms with Gasteiger partial charge in [-0.05, 0) is 31.9 Å². The summed E-state index contributed by atoms with van der Waals surface area (Å²) in [6, 6.07) is 15.8. The molecule has 0 amide bonds. The third kappa shape index (κ3) is 5.06. The van der Waals surface area contributed by atoms with Crippen LogP contribution in [0.5, 0.6) is 11.5 Å². The van der Waals surface area contributed by atoms with E-state index < -0.39 is 7.80 Å². The maximum Gasteiger partial charge on any atom is 0.351 e. The predicted molar refractivity (Wildman–Crippen MR) is 104 cm³/mol. The van der Waals surface area contributed by atoms with Crippen molar-refractivity contribution in [2.75, 3.05) is 19.4 Å². The van der Waals surface area contributed by atoms with Gasteiger partial charge in [0.1, 0.15) is 17.7 Å². The Labute approximate surface area is 152 Å². The summed E-state index contributed by atoms with van der Waals surface area (Å²) in [6.45, 7) is 9.25.